The summed E-state index contributed by atoms with van der Waals surface area (Å²) in [4.78, 5) is 18.1. The van der Waals surface area contributed by atoms with E-state index in [1.807, 2.05) is 50.1 Å². The lowest BCUT2D eigenvalue weighted by molar-refractivity contribution is -0.128. The number of nitrogens with zero attached hydrogens (tertiary/aromatic N) is 2. The third kappa shape index (κ3) is 5.16. The van der Waals surface area contributed by atoms with Gasteiger partial charge in [0.25, 0.3) is 0 Å². The van der Waals surface area contributed by atoms with E-state index in [-0.39, 0.29) is 5.91 Å². The van der Waals surface area contributed by atoms with Gasteiger partial charge in [-0.3, -0.25) is 9.79 Å². The summed E-state index contributed by atoms with van der Waals surface area (Å²) in [6.45, 7) is 4.94. The molecule has 0 radical (unpaired) electrons. The van der Waals surface area contributed by atoms with Crippen LogP contribution in [-0.4, -0.2) is 51.6 Å². The number of carbonyl (C=O) groups excluding carboxylic acids is 1. The molecule has 0 bridgehead atoms. The minimum atomic E-state index is -0.518. The van der Waals surface area contributed by atoms with Crippen molar-refractivity contribution in [1.29, 1.82) is 0 Å². The highest BCUT2D eigenvalue weighted by Gasteiger charge is 2.27. The highest BCUT2D eigenvalue weighted by Crippen LogP contribution is 2.19. The van der Waals surface area contributed by atoms with Crippen molar-refractivity contribution in [3.63, 3.8) is 0 Å². The quantitative estimate of drug-likeness (QED) is 0.615. The van der Waals surface area contributed by atoms with Gasteiger partial charge in [0.05, 0.1) is 12.5 Å². The molecular weight excluding hydrogens is 292 g/mol. The molecule has 0 fully saturated rings. The zero-order valence-electron chi connectivity index (χ0n) is 14.9. The Kier molecular flexibility index (Phi) is 6.88. The van der Waals surface area contributed by atoms with Gasteiger partial charge in [-0.1, -0.05) is 18.2 Å². The molecule has 23 heavy (non-hydrogen) atoms. The van der Waals surface area contributed by atoms with Crippen molar-refractivity contribution in [3.8, 4) is 5.75 Å². The maximum atomic E-state index is 11.9. The second-order valence-corrected chi connectivity index (χ2v) is 6.03. The highest BCUT2D eigenvalue weighted by atomic mass is 16.5. The summed E-state index contributed by atoms with van der Waals surface area (Å²) in [6, 6.07) is 7.89. The molecule has 0 aromatic heterocycles. The van der Waals surface area contributed by atoms with Crippen molar-refractivity contribution >= 4 is 11.9 Å². The van der Waals surface area contributed by atoms with Gasteiger partial charge in [-0.15, -0.1) is 0 Å². The third-order valence-electron chi connectivity index (χ3n) is 3.70. The number of amides is 1. The van der Waals surface area contributed by atoms with Crippen LogP contribution in [-0.2, 0) is 11.3 Å². The van der Waals surface area contributed by atoms with E-state index in [1.54, 1.807) is 21.2 Å². The predicted octanol–water partition coefficient (Wildman–Crippen LogP) is 1.47. The zero-order valence-corrected chi connectivity index (χ0v) is 14.9. The molecular formula is C17H28N4O2. The first-order valence-corrected chi connectivity index (χ1v) is 7.61. The van der Waals surface area contributed by atoms with Gasteiger partial charge < -0.3 is 20.3 Å². The van der Waals surface area contributed by atoms with Crippen LogP contribution in [0.3, 0.4) is 0 Å². The summed E-state index contributed by atoms with van der Waals surface area (Å²) in [5.41, 5.74) is 0.557. The molecule has 0 aliphatic heterocycles. The molecule has 1 aromatic carbocycles. The molecule has 0 aliphatic carbocycles. The van der Waals surface area contributed by atoms with Gasteiger partial charge in [0, 0.05) is 39.8 Å². The van der Waals surface area contributed by atoms with Gasteiger partial charge >= 0.3 is 0 Å². The number of methoxy groups -OCH3 is 1. The van der Waals surface area contributed by atoms with Gasteiger partial charge in [0.1, 0.15) is 5.75 Å². The highest BCUT2D eigenvalue weighted by molar-refractivity contribution is 5.84. The van der Waals surface area contributed by atoms with Crippen LogP contribution in [0.1, 0.15) is 19.4 Å². The molecule has 0 heterocycles. The van der Waals surface area contributed by atoms with E-state index in [9.17, 15) is 4.79 Å². The number of benzene rings is 1. The van der Waals surface area contributed by atoms with Crippen molar-refractivity contribution in [3.05, 3.63) is 29.8 Å². The Balaban J connectivity index is 2.73. The molecule has 0 saturated carbocycles. The standard InChI is InChI=1S/C17H28N4O2/c1-17(2,15(22)18-3)12-20-16(19-4)21(5)11-13-9-7-8-10-14(13)23-6/h7-10H,11-12H2,1-6H3,(H,18,22)(H,19,20). The lowest BCUT2D eigenvalue weighted by Gasteiger charge is -2.28. The summed E-state index contributed by atoms with van der Waals surface area (Å²) in [7, 11) is 6.99. The van der Waals surface area contributed by atoms with E-state index in [1.165, 1.54) is 0 Å². The van der Waals surface area contributed by atoms with E-state index in [0.29, 0.717) is 13.1 Å². The second-order valence-electron chi connectivity index (χ2n) is 6.03. The number of ether oxygens (including phenoxy) is 1. The number of aliphatic imine (C=N–C) groups is 1. The minimum absolute atomic E-state index is 0.00663. The van der Waals surface area contributed by atoms with Gasteiger partial charge in [-0.2, -0.15) is 0 Å². The number of rotatable bonds is 6. The van der Waals surface area contributed by atoms with Gasteiger partial charge in [-0.25, -0.2) is 0 Å². The van der Waals surface area contributed by atoms with Crippen molar-refractivity contribution in [2.24, 2.45) is 10.4 Å². The average molecular weight is 320 g/mol. The summed E-state index contributed by atoms with van der Waals surface area (Å²) >= 11 is 0. The topological polar surface area (TPSA) is 66.0 Å². The monoisotopic (exact) mass is 320 g/mol. The van der Waals surface area contributed by atoms with Gasteiger partial charge in [-0.05, 0) is 19.9 Å². The molecule has 2 N–H and O–H groups in total. The van der Waals surface area contributed by atoms with E-state index >= 15 is 0 Å². The van der Waals surface area contributed by atoms with Crippen LogP contribution >= 0.6 is 0 Å². The van der Waals surface area contributed by atoms with Crippen LogP contribution in [0.25, 0.3) is 0 Å². The first kappa shape index (κ1) is 18.8. The SMILES string of the molecule is CN=C(NCC(C)(C)C(=O)NC)N(C)Cc1ccccc1OC. The van der Waals surface area contributed by atoms with E-state index in [2.05, 4.69) is 15.6 Å². The lowest BCUT2D eigenvalue weighted by atomic mass is 9.92. The molecule has 6 heteroatoms. The Labute approximate surface area is 138 Å². The van der Waals surface area contributed by atoms with Crippen molar-refractivity contribution in [2.45, 2.75) is 20.4 Å². The number of nitrogens with one attached hydrogen (secondary N) is 2. The van der Waals surface area contributed by atoms with Crippen LogP contribution in [0.2, 0.25) is 0 Å². The number of carbonyl (C=O) groups is 1. The Bertz CT molecular complexity index is 555. The Morgan fingerprint density at radius 3 is 2.57 bits per heavy atom. The Hall–Kier alpha value is -2.24. The van der Waals surface area contributed by atoms with Crippen molar-refractivity contribution < 1.29 is 9.53 Å². The molecule has 128 valence electrons. The van der Waals surface area contributed by atoms with Gasteiger partial charge in [0.15, 0.2) is 5.96 Å². The van der Waals surface area contributed by atoms with Crippen LogP contribution in [0.15, 0.2) is 29.3 Å². The summed E-state index contributed by atoms with van der Waals surface area (Å²) in [5.74, 6) is 1.57. The molecule has 0 atom stereocenters. The van der Waals surface area contributed by atoms with Crippen LogP contribution in [0.5, 0.6) is 5.75 Å². The van der Waals surface area contributed by atoms with Crippen LogP contribution < -0.4 is 15.4 Å². The molecule has 0 unspecified atom stereocenters. The van der Waals surface area contributed by atoms with Crippen molar-refractivity contribution in [2.75, 3.05) is 34.8 Å². The summed E-state index contributed by atoms with van der Waals surface area (Å²) in [6.07, 6.45) is 0. The molecule has 0 saturated heterocycles. The number of para-hydroxylation sites is 1. The van der Waals surface area contributed by atoms with Crippen molar-refractivity contribution in [1.82, 2.24) is 15.5 Å². The maximum Gasteiger partial charge on any atom is 0.227 e. The molecule has 1 amide bonds. The summed E-state index contributed by atoms with van der Waals surface area (Å²) < 4.78 is 5.38. The summed E-state index contributed by atoms with van der Waals surface area (Å²) in [5, 5.41) is 5.94. The maximum absolute atomic E-state index is 11.9. The second kappa shape index (κ2) is 8.41. The first-order valence-electron chi connectivity index (χ1n) is 7.61. The lowest BCUT2D eigenvalue weighted by Crippen LogP contribution is -2.47. The molecule has 1 rings (SSSR count). The smallest absolute Gasteiger partial charge is 0.227 e. The van der Waals surface area contributed by atoms with Crippen LogP contribution in [0.4, 0.5) is 0 Å². The fraction of sp³-hybridized carbons (Fsp3) is 0.529. The fourth-order valence-electron chi connectivity index (χ4n) is 2.27. The van der Waals surface area contributed by atoms with Gasteiger partial charge in [0.2, 0.25) is 5.91 Å². The molecule has 0 spiro atoms. The average Bonchev–Trinajstić information content (AvgIpc) is 2.54. The first-order chi connectivity index (χ1) is 10.9. The fourth-order valence-corrected chi connectivity index (χ4v) is 2.27. The van der Waals surface area contributed by atoms with E-state index < -0.39 is 5.41 Å². The zero-order chi connectivity index (χ0) is 17.5. The molecule has 1 aromatic rings. The Morgan fingerprint density at radius 2 is 2.00 bits per heavy atom. The van der Waals surface area contributed by atoms with E-state index in [0.717, 1.165) is 17.3 Å². The largest absolute Gasteiger partial charge is 0.496 e. The Morgan fingerprint density at radius 1 is 1.35 bits per heavy atom. The molecule has 0 aliphatic rings. The minimum Gasteiger partial charge on any atom is -0.496 e. The number of guanidine groups is 1. The third-order valence-corrected chi connectivity index (χ3v) is 3.70. The predicted molar refractivity (Wildman–Crippen MR) is 93.7 cm³/mol. The number of hydrogen-bond donors (Lipinski definition) is 2. The van der Waals surface area contributed by atoms with E-state index in [4.69, 9.17) is 4.74 Å². The number of hydrogen-bond acceptors (Lipinski definition) is 3. The molecule has 6 nitrogen and oxygen atoms in total. The normalized spacial score (nSPS) is 11.8. The van der Waals surface area contributed by atoms with Crippen LogP contribution in [0, 0.1) is 5.41 Å².